The Morgan fingerprint density at radius 1 is 1.13 bits per heavy atom. The number of esters is 2. The van der Waals surface area contributed by atoms with Crippen LogP contribution in [0.15, 0.2) is 13.6 Å². The van der Waals surface area contributed by atoms with Crippen molar-refractivity contribution in [3.05, 3.63) is 22.1 Å². The number of ether oxygens (including phenoxy) is 3. The summed E-state index contributed by atoms with van der Waals surface area (Å²) in [5.74, 6) is -1.14. The van der Waals surface area contributed by atoms with Crippen molar-refractivity contribution in [2.75, 3.05) is 12.5 Å². The molecule has 1 heterocycles. The van der Waals surface area contributed by atoms with Crippen molar-refractivity contribution in [3.63, 3.8) is 0 Å². The van der Waals surface area contributed by atoms with Crippen LogP contribution in [0, 0.1) is 6.92 Å². The molecule has 0 radical (unpaired) electrons. The first kappa shape index (κ1) is 18.8. The molecule has 10 heteroatoms. The lowest BCUT2D eigenvalue weighted by molar-refractivity contribution is -0.148. The van der Waals surface area contributed by atoms with Gasteiger partial charge in [-0.2, -0.15) is 0 Å². The number of aryl methyl sites for hydroxylation is 1. The summed E-state index contributed by atoms with van der Waals surface area (Å²) in [5, 5.41) is -0.601. The van der Waals surface area contributed by atoms with Crippen LogP contribution in [0.25, 0.3) is 0 Å². The molecule has 0 fully saturated rings. The summed E-state index contributed by atoms with van der Waals surface area (Å²) in [6.07, 6.45) is 0.478. The second-order valence-corrected chi connectivity index (χ2v) is 5.22. The average Bonchev–Trinajstić information content (AvgIpc) is 2.79. The molecule has 0 aliphatic rings. The maximum absolute atomic E-state index is 11.5. The van der Waals surface area contributed by atoms with E-state index >= 15 is 0 Å². The van der Waals surface area contributed by atoms with Gasteiger partial charge >= 0.3 is 23.1 Å². The van der Waals surface area contributed by atoms with E-state index in [1.165, 1.54) is 13.8 Å². The van der Waals surface area contributed by atoms with E-state index in [1.54, 1.807) is 0 Å². The van der Waals surface area contributed by atoms with Gasteiger partial charge in [-0.15, -0.1) is 0 Å². The minimum Gasteiger partial charge on any atom is -0.457 e. The van der Waals surface area contributed by atoms with Gasteiger partial charge in [0.25, 0.3) is 0 Å². The largest absolute Gasteiger partial charge is 0.519 e. The zero-order valence-corrected chi connectivity index (χ0v) is 13.4. The second-order valence-electron chi connectivity index (χ2n) is 4.19. The monoisotopic (exact) mass is 348 g/mol. The third kappa shape index (κ3) is 8.10. The number of thioether (sulfide) groups is 1. The Morgan fingerprint density at radius 3 is 2.48 bits per heavy atom. The summed E-state index contributed by atoms with van der Waals surface area (Å²) < 4.78 is 23.2. The average molecular weight is 348 g/mol. The van der Waals surface area contributed by atoms with Gasteiger partial charge in [0.15, 0.2) is 18.1 Å². The fourth-order valence-electron chi connectivity index (χ4n) is 1.30. The molecule has 23 heavy (non-hydrogen) atoms. The highest BCUT2D eigenvalue weighted by atomic mass is 32.2. The van der Waals surface area contributed by atoms with Gasteiger partial charge in [-0.1, -0.05) is 0 Å². The Morgan fingerprint density at radius 2 is 1.87 bits per heavy atom. The molecular weight excluding hydrogens is 332 g/mol. The number of hydrogen-bond donors (Lipinski definition) is 0. The van der Waals surface area contributed by atoms with Gasteiger partial charge in [-0.25, -0.2) is 9.59 Å². The van der Waals surface area contributed by atoms with Gasteiger partial charge in [-0.3, -0.25) is 9.59 Å². The van der Waals surface area contributed by atoms with Crippen LogP contribution in [0.4, 0.5) is 4.79 Å². The summed E-state index contributed by atoms with van der Waals surface area (Å²) in [6.45, 7) is 2.10. The van der Waals surface area contributed by atoms with Gasteiger partial charge in [0, 0.05) is 19.1 Å². The molecule has 0 unspecified atom stereocenters. The molecule has 0 aromatic carbocycles. The molecular formula is C13H16O9S. The summed E-state index contributed by atoms with van der Waals surface area (Å²) in [4.78, 5) is 43.9. The predicted molar refractivity (Wildman–Crippen MR) is 76.6 cm³/mol. The smallest absolute Gasteiger partial charge is 0.457 e. The molecule has 0 aliphatic carbocycles. The fraction of sp³-hybridized carbons (Fsp3) is 0.538. The summed E-state index contributed by atoms with van der Waals surface area (Å²) in [6, 6.07) is 0. The van der Waals surface area contributed by atoms with Crippen molar-refractivity contribution in [2.24, 2.45) is 0 Å². The lowest BCUT2D eigenvalue weighted by Crippen LogP contribution is -2.08. The summed E-state index contributed by atoms with van der Waals surface area (Å²) >= 11 is 0.855. The van der Waals surface area contributed by atoms with E-state index in [0.29, 0.717) is 12.2 Å². The van der Waals surface area contributed by atoms with Crippen LogP contribution in [-0.2, 0) is 30.4 Å². The van der Waals surface area contributed by atoms with E-state index in [-0.39, 0.29) is 24.5 Å². The number of carbonyl (C=O) groups excluding carboxylic acids is 3. The zero-order chi connectivity index (χ0) is 17.2. The Hall–Kier alpha value is -2.23. The molecule has 0 spiro atoms. The minimum atomic E-state index is -0.850. The van der Waals surface area contributed by atoms with E-state index in [9.17, 15) is 19.2 Å². The SMILES string of the molecule is CC(=O)OCOC(=O)SCCCC(=O)OCc1oc(=O)oc1C. The van der Waals surface area contributed by atoms with Gasteiger partial charge in [0.2, 0.25) is 6.79 Å². The first-order chi connectivity index (χ1) is 10.9. The molecule has 0 aliphatic heterocycles. The van der Waals surface area contributed by atoms with Crippen molar-refractivity contribution in [3.8, 4) is 0 Å². The van der Waals surface area contributed by atoms with Crippen molar-refractivity contribution < 1.29 is 37.4 Å². The molecule has 0 atom stereocenters. The van der Waals surface area contributed by atoms with Crippen molar-refractivity contribution in [1.82, 2.24) is 0 Å². The van der Waals surface area contributed by atoms with Crippen LogP contribution in [0.5, 0.6) is 0 Å². The number of carbonyl (C=O) groups is 3. The first-order valence-electron chi connectivity index (χ1n) is 6.56. The van der Waals surface area contributed by atoms with Gasteiger partial charge in [0.05, 0.1) is 0 Å². The summed E-state index contributed by atoms with van der Waals surface area (Å²) in [7, 11) is 0. The van der Waals surface area contributed by atoms with Crippen LogP contribution in [-0.4, -0.2) is 29.8 Å². The molecule has 0 N–H and O–H groups in total. The minimum absolute atomic E-state index is 0.0886. The number of hydrogen-bond acceptors (Lipinski definition) is 10. The molecule has 1 aromatic heterocycles. The molecule has 0 saturated carbocycles. The highest BCUT2D eigenvalue weighted by Gasteiger charge is 2.12. The van der Waals surface area contributed by atoms with Crippen molar-refractivity contribution in [2.45, 2.75) is 33.3 Å². The zero-order valence-electron chi connectivity index (χ0n) is 12.6. The van der Waals surface area contributed by atoms with Crippen molar-refractivity contribution in [1.29, 1.82) is 0 Å². The first-order valence-corrected chi connectivity index (χ1v) is 7.55. The van der Waals surface area contributed by atoms with Crippen LogP contribution in [0.2, 0.25) is 0 Å². The standard InChI is InChI=1S/C13H16O9S/c1-8-10(22-12(16)21-8)6-18-11(15)4-3-5-23-13(17)20-7-19-9(2)14/h3-7H2,1-2H3. The number of rotatable bonds is 8. The highest BCUT2D eigenvalue weighted by Crippen LogP contribution is 2.11. The second kappa shape index (κ2) is 9.72. The molecule has 0 amide bonds. The van der Waals surface area contributed by atoms with Crippen LogP contribution < -0.4 is 5.82 Å². The molecule has 1 aromatic rings. The van der Waals surface area contributed by atoms with Crippen LogP contribution in [0.1, 0.15) is 31.3 Å². The molecule has 9 nitrogen and oxygen atoms in total. The third-order valence-electron chi connectivity index (χ3n) is 2.38. The maximum atomic E-state index is 11.5. The highest BCUT2D eigenvalue weighted by molar-refractivity contribution is 8.13. The topological polar surface area (TPSA) is 122 Å². The van der Waals surface area contributed by atoms with Crippen LogP contribution >= 0.6 is 11.8 Å². The van der Waals surface area contributed by atoms with E-state index in [4.69, 9.17) is 4.74 Å². The van der Waals surface area contributed by atoms with Gasteiger partial charge < -0.3 is 23.0 Å². The van der Waals surface area contributed by atoms with E-state index in [0.717, 1.165) is 11.8 Å². The predicted octanol–water partition coefficient (Wildman–Crippen LogP) is 1.76. The molecule has 1 rings (SSSR count). The van der Waals surface area contributed by atoms with E-state index in [1.807, 2.05) is 0 Å². The summed E-state index contributed by atoms with van der Waals surface area (Å²) in [5.41, 5.74) is 0. The normalized spacial score (nSPS) is 10.2. The van der Waals surface area contributed by atoms with Crippen molar-refractivity contribution >= 4 is 29.0 Å². The molecule has 128 valence electrons. The molecule has 0 saturated heterocycles. The maximum Gasteiger partial charge on any atom is 0.519 e. The Balaban J connectivity index is 2.10. The van der Waals surface area contributed by atoms with E-state index < -0.39 is 29.9 Å². The Kier molecular flexibility index (Phi) is 7.95. The lowest BCUT2D eigenvalue weighted by atomic mass is 10.3. The van der Waals surface area contributed by atoms with E-state index in [2.05, 4.69) is 18.3 Å². The Labute approximate surface area is 135 Å². The fourth-order valence-corrected chi connectivity index (χ4v) is 1.89. The third-order valence-corrected chi connectivity index (χ3v) is 3.23. The van der Waals surface area contributed by atoms with Gasteiger partial charge in [0.1, 0.15) is 0 Å². The Bertz CT molecular complexity index is 601. The van der Waals surface area contributed by atoms with Gasteiger partial charge in [-0.05, 0) is 25.1 Å². The quantitative estimate of drug-likeness (QED) is 0.390. The molecule has 0 bridgehead atoms. The lowest BCUT2D eigenvalue weighted by Gasteiger charge is -2.04. The van der Waals surface area contributed by atoms with Crippen LogP contribution in [0.3, 0.4) is 0 Å².